The predicted octanol–water partition coefficient (Wildman–Crippen LogP) is 3.31. The molecule has 3 aliphatic rings. The van der Waals surface area contributed by atoms with Crippen LogP contribution in [0.1, 0.15) is 64.7 Å². The maximum absolute atomic E-state index is 12.7. The maximum Gasteiger partial charge on any atom is 0.251 e. The lowest BCUT2D eigenvalue weighted by atomic mass is 9.91. The number of hydrogen-bond donors (Lipinski definition) is 0. The molecule has 1 spiro atoms. The third-order valence-corrected chi connectivity index (χ3v) is 5.27. The second-order valence-corrected chi connectivity index (χ2v) is 6.61. The molecule has 0 radical (unpaired) electrons. The van der Waals surface area contributed by atoms with Crippen LogP contribution >= 0.6 is 0 Å². The minimum atomic E-state index is -0.0202. The minimum absolute atomic E-state index is 0.0202. The molecule has 1 amide bonds. The van der Waals surface area contributed by atoms with Crippen LogP contribution in [0.5, 0.6) is 0 Å². The number of carbonyl (C=O) groups is 1. The summed E-state index contributed by atoms with van der Waals surface area (Å²) in [7, 11) is 0. The molecule has 0 N–H and O–H groups in total. The SMILES string of the molecule is CCCCCCC1=CC23CCCCN2CCCN3C1=O. The molecule has 0 aromatic heterocycles. The van der Waals surface area contributed by atoms with E-state index in [2.05, 4.69) is 22.8 Å². The fourth-order valence-electron chi connectivity index (χ4n) is 4.22. The maximum atomic E-state index is 12.7. The van der Waals surface area contributed by atoms with Crippen LogP contribution in [0.3, 0.4) is 0 Å². The average molecular weight is 276 g/mol. The molecule has 112 valence electrons. The molecule has 3 heteroatoms. The van der Waals surface area contributed by atoms with Crippen LogP contribution in [0.2, 0.25) is 0 Å². The van der Waals surface area contributed by atoms with Crippen molar-refractivity contribution in [3.8, 4) is 0 Å². The van der Waals surface area contributed by atoms with Crippen molar-refractivity contribution >= 4 is 5.91 Å². The Hall–Kier alpha value is -0.830. The highest BCUT2D eigenvalue weighted by Crippen LogP contribution is 2.42. The van der Waals surface area contributed by atoms with Gasteiger partial charge in [-0.2, -0.15) is 0 Å². The Morgan fingerprint density at radius 3 is 2.80 bits per heavy atom. The number of nitrogens with zero attached hydrogens (tertiary/aromatic N) is 2. The zero-order valence-corrected chi connectivity index (χ0v) is 12.9. The zero-order valence-electron chi connectivity index (χ0n) is 12.9. The lowest BCUT2D eigenvalue weighted by Gasteiger charge is -2.52. The molecule has 0 aliphatic carbocycles. The molecule has 20 heavy (non-hydrogen) atoms. The van der Waals surface area contributed by atoms with Crippen molar-refractivity contribution in [2.45, 2.75) is 70.4 Å². The van der Waals surface area contributed by atoms with Crippen LogP contribution in [0, 0.1) is 0 Å². The molecule has 0 bridgehead atoms. The van der Waals surface area contributed by atoms with Crippen molar-refractivity contribution in [2.75, 3.05) is 19.6 Å². The van der Waals surface area contributed by atoms with E-state index < -0.39 is 0 Å². The topological polar surface area (TPSA) is 23.6 Å². The van der Waals surface area contributed by atoms with Gasteiger partial charge in [0, 0.05) is 25.2 Å². The summed E-state index contributed by atoms with van der Waals surface area (Å²) in [6.07, 6.45) is 13.2. The van der Waals surface area contributed by atoms with E-state index in [1.807, 2.05) is 0 Å². The van der Waals surface area contributed by atoms with Gasteiger partial charge in [-0.3, -0.25) is 9.69 Å². The zero-order chi connectivity index (χ0) is 14.0. The monoisotopic (exact) mass is 276 g/mol. The Morgan fingerprint density at radius 1 is 1.10 bits per heavy atom. The highest BCUT2D eigenvalue weighted by atomic mass is 16.2. The van der Waals surface area contributed by atoms with E-state index in [1.54, 1.807) is 0 Å². The summed E-state index contributed by atoms with van der Waals surface area (Å²) in [5.74, 6) is 0.341. The van der Waals surface area contributed by atoms with Crippen molar-refractivity contribution in [3.63, 3.8) is 0 Å². The Labute approximate surface area is 123 Å². The van der Waals surface area contributed by atoms with Crippen molar-refractivity contribution in [3.05, 3.63) is 11.6 Å². The third kappa shape index (κ3) is 2.30. The number of unbranched alkanes of at least 4 members (excludes halogenated alkanes) is 3. The van der Waals surface area contributed by atoms with Crippen molar-refractivity contribution in [1.29, 1.82) is 0 Å². The summed E-state index contributed by atoms with van der Waals surface area (Å²) in [6, 6.07) is 0. The smallest absolute Gasteiger partial charge is 0.251 e. The van der Waals surface area contributed by atoms with Gasteiger partial charge in [-0.15, -0.1) is 0 Å². The first-order valence-corrected chi connectivity index (χ1v) is 8.57. The second kappa shape index (κ2) is 5.88. The van der Waals surface area contributed by atoms with Crippen LogP contribution in [0.15, 0.2) is 11.6 Å². The van der Waals surface area contributed by atoms with E-state index in [0.717, 1.165) is 31.4 Å². The molecule has 1 unspecified atom stereocenters. The van der Waals surface area contributed by atoms with E-state index in [-0.39, 0.29) is 5.66 Å². The van der Waals surface area contributed by atoms with Crippen molar-refractivity contribution < 1.29 is 4.79 Å². The first-order valence-electron chi connectivity index (χ1n) is 8.57. The van der Waals surface area contributed by atoms with Gasteiger partial charge in [0.25, 0.3) is 5.91 Å². The van der Waals surface area contributed by atoms with E-state index in [0.29, 0.717) is 5.91 Å². The highest BCUT2D eigenvalue weighted by molar-refractivity contribution is 5.97. The molecule has 0 aromatic rings. The number of piperidine rings is 1. The number of rotatable bonds is 5. The average Bonchev–Trinajstić information content (AvgIpc) is 2.75. The van der Waals surface area contributed by atoms with E-state index in [9.17, 15) is 4.79 Å². The summed E-state index contributed by atoms with van der Waals surface area (Å²) in [4.78, 5) is 17.4. The molecule has 3 nitrogen and oxygen atoms in total. The Kier molecular flexibility index (Phi) is 4.16. The molecule has 3 aliphatic heterocycles. The Morgan fingerprint density at radius 2 is 1.95 bits per heavy atom. The van der Waals surface area contributed by atoms with Gasteiger partial charge in [0.1, 0.15) is 5.66 Å². The Bertz CT molecular complexity index is 402. The quantitative estimate of drug-likeness (QED) is 0.719. The predicted molar refractivity (Wildman–Crippen MR) is 81.3 cm³/mol. The van der Waals surface area contributed by atoms with Crippen molar-refractivity contribution in [1.82, 2.24) is 9.80 Å². The van der Waals surface area contributed by atoms with Gasteiger partial charge in [-0.05, 0) is 44.6 Å². The van der Waals surface area contributed by atoms with Gasteiger partial charge in [0.15, 0.2) is 0 Å². The third-order valence-electron chi connectivity index (χ3n) is 5.27. The van der Waals surface area contributed by atoms with Gasteiger partial charge in [-0.1, -0.05) is 26.2 Å². The summed E-state index contributed by atoms with van der Waals surface area (Å²) in [6.45, 7) is 5.54. The van der Waals surface area contributed by atoms with Crippen LogP contribution in [-0.2, 0) is 4.79 Å². The molecule has 3 rings (SSSR count). The normalized spacial score (nSPS) is 30.1. The fourth-order valence-corrected chi connectivity index (χ4v) is 4.22. The molecular formula is C17H28N2O. The van der Waals surface area contributed by atoms with E-state index in [4.69, 9.17) is 0 Å². The fraction of sp³-hybridized carbons (Fsp3) is 0.824. The van der Waals surface area contributed by atoms with Crippen LogP contribution < -0.4 is 0 Å². The Balaban J connectivity index is 1.73. The molecule has 1 atom stereocenters. The first-order chi connectivity index (χ1) is 9.78. The van der Waals surface area contributed by atoms with E-state index >= 15 is 0 Å². The molecule has 0 aromatic carbocycles. The largest absolute Gasteiger partial charge is 0.317 e. The number of hydrogen-bond acceptors (Lipinski definition) is 2. The minimum Gasteiger partial charge on any atom is -0.317 e. The van der Waals surface area contributed by atoms with Crippen LogP contribution in [0.25, 0.3) is 0 Å². The molecule has 2 fully saturated rings. The summed E-state index contributed by atoms with van der Waals surface area (Å²) >= 11 is 0. The van der Waals surface area contributed by atoms with Crippen LogP contribution in [-0.4, -0.2) is 41.0 Å². The van der Waals surface area contributed by atoms with Crippen molar-refractivity contribution in [2.24, 2.45) is 0 Å². The number of carbonyl (C=O) groups excluding carboxylic acids is 1. The number of amides is 1. The summed E-state index contributed by atoms with van der Waals surface area (Å²) in [5.41, 5.74) is 1.09. The van der Waals surface area contributed by atoms with Gasteiger partial charge < -0.3 is 4.90 Å². The van der Waals surface area contributed by atoms with Gasteiger partial charge in [0.2, 0.25) is 0 Å². The highest BCUT2D eigenvalue weighted by Gasteiger charge is 2.51. The second-order valence-electron chi connectivity index (χ2n) is 6.61. The molecule has 0 saturated carbocycles. The summed E-state index contributed by atoms with van der Waals surface area (Å²) in [5, 5.41) is 0. The van der Waals surface area contributed by atoms with E-state index in [1.165, 1.54) is 51.6 Å². The van der Waals surface area contributed by atoms with Gasteiger partial charge in [0.05, 0.1) is 0 Å². The summed E-state index contributed by atoms with van der Waals surface area (Å²) < 4.78 is 0. The van der Waals surface area contributed by atoms with Crippen LogP contribution in [0.4, 0.5) is 0 Å². The standard InChI is InChI=1S/C17H28N2O/c1-2-3-4-5-9-15-14-17-10-6-7-11-18(17)12-8-13-19(17)16(15)20/h14H,2-13H2,1H3. The first kappa shape index (κ1) is 14.1. The molecule has 3 heterocycles. The van der Waals surface area contributed by atoms with Gasteiger partial charge in [-0.25, -0.2) is 0 Å². The molecule has 2 saturated heterocycles. The van der Waals surface area contributed by atoms with Gasteiger partial charge >= 0.3 is 0 Å². The lowest BCUT2D eigenvalue weighted by Crippen LogP contribution is -2.64. The lowest BCUT2D eigenvalue weighted by molar-refractivity contribution is -0.143. The molecular weight excluding hydrogens is 248 g/mol.